The summed E-state index contributed by atoms with van der Waals surface area (Å²) in [5.41, 5.74) is 0. The molecule has 1 aliphatic heterocycles. The molecule has 1 saturated heterocycles. The van der Waals surface area contributed by atoms with E-state index in [0.29, 0.717) is 0 Å². The highest BCUT2D eigenvalue weighted by Gasteiger charge is 2.42. The molecule has 1 fully saturated rings. The predicted octanol–water partition coefficient (Wildman–Crippen LogP) is -0.157. The third-order valence-electron chi connectivity index (χ3n) is 2.70. The van der Waals surface area contributed by atoms with Crippen LogP contribution in [0.3, 0.4) is 0 Å². The van der Waals surface area contributed by atoms with E-state index in [2.05, 4.69) is 4.74 Å². The largest absolute Gasteiger partial charge is 0.377 e. The molecule has 0 radical (unpaired) electrons. The zero-order chi connectivity index (χ0) is 11.6. The van der Waals surface area contributed by atoms with Crippen molar-refractivity contribution in [3.8, 4) is 0 Å². The van der Waals surface area contributed by atoms with Crippen LogP contribution >= 0.6 is 0 Å². The number of hydrogen-bond donors (Lipinski definition) is 0. The van der Waals surface area contributed by atoms with Gasteiger partial charge in [-0.05, 0) is 0 Å². The first-order chi connectivity index (χ1) is 6.99. The van der Waals surface area contributed by atoms with Gasteiger partial charge in [0.2, 0.25) is 11.8 Å². The molecule has 5 heteroatoms. The fourth-order valence-electron chi connectivity index (χ4n) is 1.57. The van der Waals surface area contributed by atoms with Crippen LogP contribution in [0, 0.1) is 11.8 Å². The molecule has 0 saturated carbocycles. The minimum atomic E-state index is -0.326. The number of hydrogen-bond acceptors (Lipinski definition) is 4. The number of Topliss-reactive ketones (excluding diaryl/α,β-unsaturated/α-hetero) is 1. The summed E-state index contributed by atoms with van der Waals surface area (Å²) in [6.45, 7) is 3.16. The third kappa shape index (κ3) is 2.23. The second-order valence-electron chi connectivity index (χ2n) is 3.81. The molecule has 0 aromatic heterocycles. The Morgan fingerprint density at radius 2 is 1.73 bits per heavy atom. The van der Waals surface area contributed by atoms with Crippen LogP contribution in [0.15, 0.2) is 0 Å². The van der Waals surface area contributed by atoms with Gasteiger partial charge in [0.05, 0.1) is 6.54 Å². The van der Waals surface area contributed by atoms with Gasteiger partial charge >= 0.3 is 0 Å². The Morgan fingerprint density at radius 1 is 1.27 bits per heavy atom. The Bertz CT molecular complexity index is 280. The van der Waals surface area contributed by atoms with Gasteiger partial charge in [-0.15, -0.1) is 0 Å². The molecule has 0 N–H and O–H groups in total. The number of imide groups is 1. The van der Waals surface area contributed by atoms with E-state index in [1.165, 1.54) is 7.11 Å². The third-order valence-corrected chi connectivity index (χ3v) is 2.70. The molecule has 2 unspecified atom stereocenters. The predicted molar refractivity (Wildman–Crippen MR) is 51.9 cm³/mol. The van der Waals surface area contributed by atoms with Crippen LogP contribution in [-0.2, 0) is 19.1 Å². The summed E-state index contributed by atoms with van der Waals surface area (Å²) in [5.74, 6) is -1.45. The lowest BCUT2D eigenvalue weighted by atomic mass is 10.00. The molecule has 0 bridgehead atoms. The topological polar surface area (TPSA) is 63.7 Å². The summed E-state index contributed by atoms with van der Waals surface area (Å²) in [6, 6.07) is 0. The van der Waals surface area contributed by atoms with Gasteiger partial charge in [-0.25, -0.2) is 0 Å². The smallest absolute Gasteiger partial charge is 0.233 e. The molecule has 1 heterocycles. The van der Waals surface area contributed by atoms with E-state index in [1.54, 1.807) is 13.8 Å². The first-order valence-corrected chi connectivity index (χ1v) is 4.85. The van der Waals surface area contributed by atoms with Gasteiger partial charge in [0.25, 0.3) is 0 Å². The summed E-state index contributed by atoms with van der Waals surface area (Å²) < 4.78 is 4.64. The van der Waals surface area contributed by atoms with Crippen LogP contribution in [0.25, 0.3) is 0 Å². The summed E-state index contributed by atoms with van der Waals surface area (Å²) in [6.07, 6.45) is 0. The van der Waals surface area contributed by atoms with Gasteiger partial charge in [-0.3, -0.25) is 19.3 Å². The first kappa shape index (κ1) is 11.8. The molecule has 0 spiro atoms. The molecule has 0 aromatic carbocycles. The van der Waals surface area contributed by atoms with E-state index < -0.39 is 0 Å². The number of likely N-dealkylation sites (tertiary alicyclic amines) is 1. The number of amides is 2. The summed E-state index contributed by atoms with van der Waals surface area (Å²) in [4.78, 5) is 35.4. The molecule has 2 amide bonds. The summed E-state index contributed by atoms with van der Waals surface area (Å²) in [7, 11) is 1.40. The van der Waals surface area contributed by atoms with E-state index in [1.807, 2.05) is 0 Å². The molecule has 0 aliphatic carbocycles. The number of rotatable bonds is 4. The minimum Gasteiger partial charge on any atom is -0.377 e. The maximum absolute atomic E-state index is 11.6. The van der Waals surface area contributed by atoms with Crippen molar-refractivity contribution >= 4 is 17.6 Å². The Balaban J connectivity index is 2.67. The lowest BCUT2D eigenvalue weighted by Gasteiger charge is -2.12. The van der Waals surface area contributed by atoms with Gasteiger partial charge in [-0.2, -0.15) is 0 Å². The number of carbonyl (C=O) groups excluding carboxylic acids is 3. The zero-order valence-corrected chi connectivity index (χ0v) is 9.15. The quantitative estimate of drug-likeness (QED) is 0.609. The van der Waals surface area contributed by atoms with Gasteiger partial charge in [0, 0.05) is 18.9 Å². The van der Waals surface area contributed by atoms with Crippen molar-refractivity contribution in [1.29, 1.82) is 0 Å². The standard InChI is InChI=1S/C10H15NO4/c1-6-7(2)10(14)11(9(6)13)4-8(12)5-15-3/h6-7H,4-5H2,1-3H3. The molecule has 15 heavy (non-hydrogen) atoms. The molecular weight excluding hydrogens is 198 g/mol. The Kier molecular flexibility index (Phi) is 3.57. The zero-order valence-electron chi connectivity index (χ0n) is 9.15. The van der Waals surface area contributed by atoms with Crippen LogP contribution in [-0.4, -0.2) is 42.8 Å². The number of methoxy groups -OCH3 is 1. The van der Waals surface area contributed by atoms with Crippen LogP contribution in [0.5, 0.6) is 0 Å². The maximum atomic E-state index is 11.6. The Hall–Kier alpha value is -1.23. The van der Waals surface area contributed by atoms with Crippen molar-refractivity contribution in [1.82, 2.24) is 4.90 Å². The van der Waals surface area contributed by atoms with Crippen LogP contribution < -0.4 is 0 Å². The van der Waals surface area contributed by atoms with Crippen molar-refractivity contribution in [2.45, 2.75) is 13.8 Å². The Labute approximate surface area is 88.4 Å². The van der Waals surface area contributed by atoms with Crippen molar-refractivity contribution in [2.24, 2.45) is 11.8 Å². The molecule has 2 atom stereocenters. The molecular formula is C10H15NO4. The normalized spacial score (nSPS) is 26.2. The summed E-state index contributed by atoms with van der Waals surface area (Å²) in [5, 5.41) is 0. The van der Waals surface area contributed by atoms with Gasteiger partial charge < -0.3 is 4.74 Å². The first-order valence-electron chi connectivity index (χ1n) is 4.85. The van der Waals surface area contributed by atoms with Crippen molar-refractivity contribution in [3.63, 3.8) is 0 Å². The fourth-order valence-corrected chi connectivity index (χ4v) is 1.57. The lowest BCUT2D eigenvalue weighted by molar-refractivity contribution is -0.143. The van der Waals surface area contributed by atoms with E-state index in [4.69, 9.17) is 0 Å². The van der Waals surface area contributed by atoms with E-state index in [9.17, 15) is 14.4 Å². The molecule has 5 nitrogen and oxygen atoms in total. The van der Waals surface area contributed by atoms with E-state index in [0.717, 1.165) is 4.90 Å². The number of ether oxygens (including phenoxy) is 1. The monoisotopic (exact) mass is 213 g/mol. The lowest BCUT2D eigenvalue weighted by Crippen LogP contribution is -2.36. The van der Waals surface area contributed by atoms with Crippen molar-refractivity contribution in [2.75, 3.05) is 20.3 Å². The average molecular weight is 213 g/mol. The molecule has 1 aliphatic rings. The number of ketones is 1. The second kappa shape index (κ2) is 4.53. The molecule has 84 valence electrons. The SMILES string of the molecule is COCC(=O)CN1C(=O)C(C)C(C)C1=O. The van der Waals surface area contributed by atoms with Crippen molar-refractivity contribution < 1.29 is 19.1 Å². The highest BCUT2D eigenvalue weighted by atomic mass is 16.5. The van der Waals surface area contributed by atoms with Gasteiger partial charge in [-0.1, -0.05) is 13.8 Å². The molecule has 0 aromatic rings. The maximum Gasteiger partial charge on any atom is 0.233 e. The minimum absolute atomic E-state index is 0.0696. The van der Waals surface area contributed by atoms with Crippen LogP contribution in [0.2, 0.25) is 0 Å². The fraction of sp³-hybridized carbons (Fsp3) is 0.700. The van der Waals surface area contributed by atoms with Crippen LogP contribution in [0.4, 0.5) is 0 Å². The van der Waals surface area contributed by atoms with Crippen molar-refractivity contribution in [3.05, 3.63) is 0 Å². The highest BCUT2D eigenvalue weighted by Crippen LogP contribution is 2.24. The van der Waals surface area contributed by atoms with Gasteiger partial charge in [0.15, 0.2) is 5.78 Å². The van der Waals surface area contributed by atoms with Crippen LogP contribution in [0.1, 0.15) is 13.8 Å². The number of carbonyl (C=O) groups is 3. The summed E-state index contributed by atoms with van der Waals surface area (Å²) >= 11 is 0. The average Bonchev–Trinajstić information content (AvgIpc) is 2.36. The highest BCUT2D eigenvalue weighted by molar-refractivity contribution is 6.07. The molecule has 1 rings (SSSR count). The number of nitrogens with zero attached hydrogens (tertiary/aromatic N) is 1. The Morgan fingerprint density at radius 3 is 2.13 bits per heavy atom. The van der Waals surface area contributed by atoms with E-state index >= 15 is 0 Å². The van der Waals surface area contributed by atoms with E-state index in [-0.39, 0.29) is 42.6 Å². The van der Waals surface area contributed by atoms with Gasteiger partial charge in [0.1, 0.15) is 6.61 Å². The second-order valence-corrected chi connectivity index (χ2v) is 3.81.